The molecule has 0 spiro atoms. The van der Waals surface area contributed by atoms with Crippen molar-refractivity contribution >= 4 is 19.7 Å². The van der Waals surface area contributed by atoms with Gasteiger partial charge in [-0.3, -0.25) is 4.57 Å². The van der Waals surface area contributed by atoms with Gasteiger partial charge in [-0.25, -0.2) is 8.42 Å². The molecule has 0 aliphatic heterocycles. The molecule has 1 saturated carbocycles. The van der Waals surface area contributed by atoms with E-state index in [0.717, 1.165) is 25.1 Å². The Morgan fingerprint density at radius 3 is 2.42 bits per heavy atom. The second-order valence-corrected chi connectivity index (χ2v) is 8.64. The Morgan fingerprint density at radius 1 is 1.37 bits per heavy atom. The molecular formula is C12H20ClN3O2S. The molecule has 1 fully saturated rings. The minimum absolute atomic E-state index is 0.0371. The van der Waals surface area contributed by atoms with E-state index >= 15 is 0 Å². The second kappa shape index (κ2) is 4.74. The second-order valence-electron chi connectivity index (χ2n) is 6.18. The maximum absolute atomic E-state index is 11.6. The zero-order chi connectivity index (χ0) is 14.4. The van der Waals surface area contributed by atoms with Crippen LogP contribution in [0.2, 0.25) is 0 Å². The van der Waals surface area contributed by atoms with Gasteiger partial charge in [0.25, 0.3) is 14.2 Å². The lowest BCUT2D eigenvalue weighted by Crippen LogP contribution is -2.21. The van der Waals surface area contributed by atoms with Gasteiger partial charge in [-0.2, -0.15) is 0 Å². The molecule has 0 bridgehead atoms. The van der Waals surface area contributed by atoms with E-state index in [2.05, 4.69) is 24.0 Å². The van der Waals surface area contributed by atoms with Crippen LogP contribution in [0.5, 0.6) is 0 Å². The molecule has 108 valence electrons. The fourth-order valence-corrected chi connectivity index (χ4v) is 3.98. The van der Waals surface area contributed by atoms with E-state index in [9.17, 15) is 8.42 Å². The molecule has 0 radical (unpaired) electrons. The molecule has 1 aliphatic carbocycles. The van der Waals surface area contributed by atoms with Crippen molar-refractivity contribution in [2.45, 2.75) is 64.1 Å². The van der Waals surface area contributed by atoms with Gasteiger partial charge in [-0.1, -0.05) is 20.3 Å². The summed E-state index contributed by atoms with van der Waals surface area (Å²) in [4.78, 5) is 0. The molecule has 0 amide bonds. The van der Waals surface area contributed by atoms with Crippen LogP contribution in [0.25, 0.3) is 0 Å². The summed E-state index contributed by atoms with van der Waals surface area (Å²) in [5.74, 6) is 0.978. The van der Waals surface area contributed by atoms with Gasteiger partial charge in [-0.05, 0) is 32.1 Å². The zero-order valence-electron chi connectivity index (χ0n) is 11.7. The molecule has 19 heavy (non-hydrogen) atoms. The summed E-state index contributed by atoms with van der Waals surface area (Å²) in [7, 11) is 1.58. The van der Waals surface area contributed by atoms with E-state index in [1.165, 1.54) is 0 Å². The van der Waals surface area contributed by atoms with E-state index in [-0.39, 0.29) is 22.5 Å². The Kier molecular flexibility index (Phi) is 3.68. The van der Waals surface area contributed by atoms with Crippen LogP contribution in [0.15, 0.2) is 5.16 Å². The third kappa shape index (κ3) is 2.65. The van der Waals surface area contributed by atoms with Gasteiger partial charge in [-0.15, -0.1) is 10.2 Å². The SMILES string of the molecule is CC(C)n1c(C2CCCC2(C)C)nnc1S(=O)(=O)Cl. The predicted octanol–water partition coefficient (Wildman–Crippen LogP) is 3.08. The van der Waals surface area contributed by atoms with Gasteiger partial charge in [0.1, 0.15) is 5.82 Å². The molecule has 0 N–H and O–H groups in total. The fourth-order valence-electron chi connectivity index (χ4n) is 2.98. The van der Waals surface area contributed by atoms with Crippen LogP contribution in [0, 0.1) is 5.41 Å². The average molecular weight is 306 g/mol. The molecule has 0 saturated heterocycles. The van der Waals surface area contributed by atoms with Crippen molar-refractivity contribution in [2.75, 3.05) is 0 Å². The lowest BCUT2D eigenvalue weighted by atomic mass is 9.81. The highest BCUT2D eigenvalue weighted by Gasteiger charge is 2.40. The molecular weight excluding hydrogens is 286 g/mol. The van der Waals surface area contributed by atoms with Crippen LogP contribution >= 0.6 is 10.7 Å². The first-order valence-electron chi connectivity index (χ1n) is 6.54. The van der Waals surface area contributed by atoms with Crippen molar-refractivity contribution in [1.82, 2.24) is 14.8 Å². The molecule has 1 aromatic rings. The van der Waals surface area contributed by atoms with Crippen LogP contribution in [-0.2, 0) is 9.05 Å². The molecule has 5 nitrogen and oxygen atoms in total. The minimum Gasteiger partial charge on any atom is -0.298 e. The average Bonchev–Trinajstić information content (AvgIpc) is 2.78. The van der Waals surface area contributed by atoms with Gasteiger partial charge in [0.2, 0.25) is 0 Å². The smallest absolute Gasteiger partial charge is 0.296 e. The number of hydrogen-bond donors (Lipinski definition) is 0. The van der Waals surface area contributed by atoms with Gasteiger partial charge >= 0.3 is 0 Å². The Balaban J connectivity index is 2.57. The van der Waals surface area contributed by atoms with Crippen LogP contribution in [0.1, 0.15) is 64.7 Å². The molecule has 1 aliphatic rings. The van der Waals surface area contributed by atoms with Crippen molar-refractivity contribution in [2.24, 2.45) is 5.41 Å². The first kappa shape index (κ1) is 14.8. The molecule has 1 heterocycles. The van der Waals surface area contributed by atoms with Crippen LogP contribution in [0.3, 0.4) is 0 Å². The lowest BCUT2D eigenvalue weighted by Gasteiger charge is -2.27. The maximum Gasteiger partial charge on any atom is 0.296 e. The van der Waals surface area contributed by atoms with Gasteiger partial charge < -0.3 is 0 Å². The van der Waals surface area contributed by atoms with Gasteiger partial charge in [0.15, 0.2) is 0 Å². The van der Waals surface area contributed by atoms with Gasteiger partial charge in [0.05, 0.1) is 0 Å². The largest absolute Gasteiger partial charge is 0.298 e. The highest BCUT2D eigenvalue weighted by Crippen LogP contribution is 2.48. The van der Waals surface area contributed by atoms with Crippen LogP contribution in [-0.4, -0.2) is 23.2 Å². The number of aromatic nitrogens is 3. The number of nitrogens with zero attached hydrogens (tertiary/aromatic N) is 3. The summed E-state index contributed by atoms with van der Waals surface area (Å²) in [5.41, 5.74) is 0.118. The zero-order valence-corrected chi connectivity index (χ0v) is 13.3. The van der Waals surface area contributed by atoms with Crippen LogP contribution < -0.4 is 0 Å². The Labute approximate surface area is 118 Å². The summed E-state index contributed by atoms with van der Waals surface area (Å²) in [6.07, 6.45) is 3.26. The molecule has 2 rings (SSSR count). The van der Waals surface area contributed by atoms with E-state index < -0.39 is 9.05 Å². The van der Waals surface area contributed by atoms with Crippen LogP contribution in [0.4, 0.5) is 0 Å². The monoisotopic (exact) mass is 305 g/mol. The van der Waals surface area contributed by atoms with Crippen molar-refractivity contribution < 1.29 is 8.42 Å². The number of rotatable bonds is 3. The van der Waals surface area contributed by atoms with Gasteiger partial charge in [0, 0.05) is 22.6 Å². The standard InChI is InChI=1S/C12H20ClN3O2S/c1-8(2)16-10(9-6-5-7-12(9,3)4)14-15-11(16)19(13,17)18/h8-9H,5-7H2,1-4H3. The maximum atomic E-state index is 11.6. The molecule has 0 aromatic carbocycles. The van der Waals surface area contributed by atoms with E-state index in [0.29, 0.717) is 0 Å². The summed E-state index contributed by atoms with van der Waals surface area (Å²) >= 11 is 0. The first-order chi connectivity index (χ1) is 8.64. The summed E-state index contributed by atoms with van der Waals surface area (Å²) in [6, 6.07) is -0.0371. The van der Waals surface area contributed by atoms with Crippen molar-refractivity contribution in [1.29, 1.82) is 0 Å². The minimum atomic E-state index is -3.86. The normalized spacial score (nSPS) is 23.2. The summed E-state index contributed by atoms with van der Waals surface area (Å²) < 4.78 is 24.8. The number of hydrogen-bond acceptors (Lipinski definition) is 4. The summed E-state index contributed by atoms with van der Waals surface area (Å²) in [5, 5.41) is 7.81. The highest BCUT2D eigenvalue weighted by atomic mass is 35.7. The topological polar surface area (TPSA) is 64.8 Å². The number of halogens is 1. The third-order valence-electron chi connectivity index (χ3n) is 3.99. The van der Waals surface area contributed by atoms with E-state index in [1.54, 1.807) is 4.57 Å². The first-order valence-corrected chi connectivity index (χ1v) is 8.85. The Morgan fingerprint density at radius 2 is 2.00 bits per heavy atom. The Bertz CT molecular complexity index is 578. The van der Waals surface area contributed by atoms with Crippen molar-refractivity contribution in [3.63, 3.8) is 0 Å². The van der Waals surface area contributed by atoms with Crippen molar-refractivity contribution in [3.05, 3.63) is 5.82 Å². The fraction of sp³-hybridized carbons (Fsp3) is 0.833. The molecule has 1 atom stereocenters. The predicted molar refractivity (Wildman–Crippen MR) is 73.8 cm³/mol. The molecule has 1 aromatic heterocycles. The van der Waals surface area contributed by atoms with E-state index in [4.69, 9.17) is 10.7 Å². The summed E-state index contributed by atoms with van der Waals surface area (Å²) in [6.45, 7) is 8.22. The Hall–Kier alpha value is -0.620. The highest BCUT2D eigenvalue weighted by molar-refractivity contribution is 8.13. The molecule has 7 heteroatoms. The third-order valence-corrected chi connectivity index (χ3v) is 5.12. The van der Waals surface area contributed by atoms with Crippen molar-refractivity contribution in [3.8, 4) is 0 Å². The van der Waals surface area contributed by atoms with E-state index in [1.807, 2.05) is 13.8 Å². The quantitative estimate of drug-likeness (QED) is 0.805. The lowest BCUT2D eigenvalue weighted by molar-refractivity contribution is 0.308. The molecule has 1 unspecified atom stereocenters.